The van der Waals surface area contributed by atoms with E-state index in [0.717, 1.165) is 45.6 Å². The molecule has 4 aliphatic rings. The van der Waals surface area contributed by atoms with Crippen molar-refractivity contribution in [2.45, 2.75) is 20.3 Å². The van der Waals surface area contributed by atoms with E-state index in [0.29, 0.717) is 0 Å². The number of nitrogens with zero attached hydrogens (tertiary/aromatic N) is 3. The number of carbonyl (C=O) groups excluding carboxylic acids is 2. The van der Waals surface area contributed by atoms with Crippen LogP contribution in [0.3, 0.4) is 0 Å². The molecule has 2 aromatic rings. The summed E-state index contributed by atoms with van der Waals surface area (Å²) in [5.41, 5.74) is 3.81. The maximum absolute atomic E-state index is 12.8. The number of fused-ring (bicyclic) bond motifs is 6. The molecule has 1 saturated carbocycles. The van der Waals surface area contributed by atoms with Gasteiger partial charge in [0.1, 0.15) is 0 Å². The molecule has 2 aliphatic heterocycles. The molecule has 4 atom stereocenters. The smallest absolute Gasteiger partial charge is 0.254 e. The van der Waals surface area contributed by atoms with E-state index in [2.05, 4.69) is 21.8 Å². The molecular formula is C23H21N3O4. The van der Waals surface area contributed by atoms with E-state index in [1.165, 1.54) is 0 Å². The number of benzene rings is 1. The highest BCUT2D eigenvalue weighted by Crippen LogP contribution is 2.52. The number of aryl methyl sites for hydroxylation is 1. The zero-order chi connectivity index (χ0) is 20.6. The van der Waals surface area contributed by atoms with E-state index in [4.69, 9.17) is 9.47 Å². The van der Waals surface area contributed by atoms with E-state index in [1.54, 1.807) is 6.21 Å². The van der Waals surface area contributed by atoms with Gasteiger partial charge in [-0.1, -0.05) is 12.2 Å². The van der Waals surface area contributed by atoms with Crippen LogP contribution in [-0.2, 0) is 9.59 Å². The highest BCUT2D eigenvalue weighted by molar-refractivity contribution is 6.06. The minimum atomic E-state index is -0.231. The molecule has 2 amide bonds. The lowest BCUT2D eigenvalue weighted by Gasteiger charge is -2.13. The van der Waals surface area contributed by atoms with Crippen molar-refractivity contribution in [2.24, 2.45) is 28.8 Å². The van der Waals surface area contributed by atoms with Crippen LogP contribution < -0.4 is 9.47 Å². The van der Waals surface area contributed by atoms with Gasteiger partial charge in [-0.3, -0.25) is 9.59 Å². The van der Waals surface area contributed by atoms with Crippen LogP contribution in [-0.4, -0.2) is 34.4 Å². The lowest BCUT2D eigenvalue weighted by Crippen LogP contribution is -2.28. The summed E-state index contributed by atoms with van der Waals surface area (Å²) in [4.78, 5) is 25.6. The molecule has 1 aromatic heterocycles. The Hall–Kier alpha value is -3.35. The summed E-state index contributed by atoms with van der Waals surface area (Å²) in [6, 6.07) is 7.82. The zero-order valence-corrected chi connectivity index (χ0v) is 16.7. The molecule has 0 radical (unpaired) electrons. The highest BCUT2D eigenvalue weighted by atomic mass is 16.7. The molecule has 3 heterocycles. The van der Waals surface area contributed by atoms with Gasteiger partial charge in [-0.15, -0.1) is 0 Å². The number of allylic oxidation sites excluding steroid dienone is 2. The molecule has 2 fully saturated rings. The second-order valence-electron chi connectivity index (χ2n) is 8.43. The quantitative estimate of drug-likeness (QED) is 0.449. The Morgan fingerprint density at radius 3 is 2.43 bits per heavy atom. The molecule has 2 bridgehead atoms. The molecule has 152 valence electrons. The number of hydrogen-bond donors (Lipinski definition) is 0. The molecule has 6 rings (SSSR count). The topological polar surface area (TPSA) is 73.1 Å². The Balaban J connectivity index is 1.30. The third-order valence-electron chi connectivity index (χ3n) is 6.84. The highest BCUT2D eigenvalue weighted by Gasteiger charge is 2.59. The van der Waals surface area contributed by atoms with E-state index >= 15 is 0 Å². The number of amides is 2. The van der Waals surface area contributed by atoms with Crippen molar-refractivity contribution in [1.82, 2.24) is 9.58 Å². The van der Waals surface area contributed by atoms with Gasteiger partial charge in [0.15, 0.2) is 11.5 Å². The van der Waals surface area contributed by atoms with Crippen molar-refractivity contribution >= 4 is 18.0 Å². The van der Waals surface area contributed by atoms with Crippen molar-refractivity contribution in [2.75, 3.05) is 6.79 Å². The minimum absolute atomic E-state index is 0.164. The van der Waals surface area contributed by atoms with Crippen molar-refractivity contribution in [3.8, 4) is 17.2 Å². The molecule has 0 N–H and O–H groups in total. The third-order valence-corrected chi connectivity index (χ3v) is 6.84. The number of ether oxygens (including phenoxy) is 2. The number of imide groups is 1. The summed E-state index contributed by atoms with van der Waals surface area (Å²) >= 11 is 0. The van der Waals surface area contributed by atoms with Gasteiger partial charge in [0.2, 0.25) is 6.79 Å². The summed E-state index contributed by atoms with van der Waals surface area (Å²) in [5.74, 6) is 1.04. The van der Waals surface area contributed by atoms with Crippen LogP contribution in [0.25, 0.3) is 5.69 Å². The lowest BCUT2D eigenvalue weighted by atomic mass is 9.85. The van der Waals surface area contributed by atoms with E-state index < -0.39 is 0 Å². The Bertz CT molecular complexity index is 1130. The molecule has 1 aromatic carbocycles. The fourth-order valence-corrected chi connectivity index (χ4v) is 5.46. The van der Waals surface area contributed by atoms with Crippen LogP contribution in [0, 0.1) is 37.5 Å². The maximum atomic E-state index is 12.8. The van der Waals surface area contributed by atoms with E-state index in [1.807, 2.05) is 38.1 Å². The molecule has 30 heavy (non-hydrogen) atoms. The van der Waals surface area contributed by atoms with Crippen molar-refractivity contribution in [3.05, 3.63) is 53.4 Å². The first-order valence-electron chi connectivity index (χ1n) is 10.2. The summed E-state index contributed by atoms with van der Waals surface area (Å²) in [5, 5.41) is 5.42. The predicted octanol–water partition coefficient (Wildman–Crippen LogP) is 2.96. The second-order valence-corrected chi connectivity index (χ2v) is 8.43. The standard InChI is InChI=1S/C23H21N3O4/c1-12-7-16(13(2)25(12)17-5-6-18-19(9-17)30-11-29-18)10-24-26-22(27)20-14-3-4-15(8-14)21(20)23(26)28/h3-7,9-10,14-15,20-21H,8,11H2,1-2H3. The van der Waals surface area contributed by atoms with Gasteiger partial charge in [0, 0.05) is 28.7 Å². The fraction of sp³-hybridized carbons (Fsp3) is 0.348. The van der Waals surface area contributed by atoms with Crippen LogP contribution in [0.2, 0.25) is 0 Å². The number of aromatic nitrogens is 1. The molecule has 2 aliphatic carbocycles. The van der Waals surface area contributed by atoms with Crippen LogP contribution in [0.1, 0.15) is 23.4 Å². The Morgan fingerprint density at radius 2 is 1.70 bits per heavy atom. The van der Waals surface area contributed by atoms with Gasteiger partial charge >= 0.3 is 0 Å². The summed E-state index contributed by atoms with van der Waals surface area (Å²) in [6.07, 6.45) is 6.71. The number of rotatable bonds is 3. The molecule has 1 saturated heterocycles. The van der Waals surface area contributed by atoms with Crippen LogP contribution >= 0.6 is 0 Å². The van der Waals surface area contributed by atoms with Gasteiger partial charge in [0.25, 0.3) is 11.8 Å². The average Bonchev–Trinajstić information content (AvgIpc) is 3.52. The van der Waals surface area contributed by atoms with Gasteiger partial charge in [-0.2, -0.15) is 10.1 Å². The molecule has 0 spiro atoms. The Kier molecular flexibility index (Phi) is 3.54. The first kappa shape index (κ1) is 17.5. The summed E-state index contributed by atoms with van der Waals surface area (Å²) in [6.45, 7) is 4.23. The van der Waals surface area contributed by atoms with Crippen molar-refractivity contribution in [3.63, 3.8) is 0 Å². The first-order valence-corrected chi connectivity index (χ1v) is 10.2. The molecule has 7 nitrogen and oxygen atoms in total. The SMILES string of the molecule is Cc1cc(C=NN2C(=O)C3C4C=CC(C4)C3C2=O)c(C)n1-c1ccc2c(c1)OCO2. The predicted molar refractivity (Wildman–Crippen MR) is 109 cm³/mol. The Labute approximate surface area is 173 Å². The monoisotopic (exact) mass is 403 g/mol. The Morgan fingerprint density at radius 1 is 1.00 bits per heavy atom. The van der Waals surface area contributed by atoms with Gasteiger partial charge in [-0.05, 0) is 50.3 Å². The maximum Gasteiger partial charge on any atom is 0.254 e. The van der Waals surface area contributed by atoms with E-state index in [-0.39, 0.29) is 42.3 Å². The van der Waals surface area contributed by atoms with Crippen molar-refractivity contribution in [1.29, 1.82) is 0 Å². The molecule has 4 unspecified atom stereocenters. The minimum Gasteiger partial charge on any atom is -0.454 e. The van der Waals surface area contributed by atoms with Crippen molar-refractivity contribution < 1.29 is 19.1 Å². The average molecular weight is 403 g/mol. The van der Waals surface area contributed by atoms with Crippen LogP contribution in [0.4, 0.5) is 0 Å². The van der Waals surface area contributed by atoms with Crippen LogP contribution in [0.15, 0.2) is 41.5 Å². The fourth-order valence-electron chi connectivity index (χ4n) is 5.46. The third kappa shape index (κ3) is 2.29. The number of hydrogen-bond acceptors (Lipinski definition) is 5. The summed E-state index contributed by atoms with van der Waals surface area (Å²) < 4.78 is 13.0. The number of carbonyl (C=O) groups is 2. The van der Waals surface area contributed by atoms with Crippen LogP contribution in [0.5, 0.6) is 11.5 Å². The first-order chi connectivity index (χ1) is 14.5. The zero-order valence-electron chi connectivity index (χ0n) is 16.7. The van der Waals surface area contributed by atoms with Gasteiger partial charge in [0.05, 0.1) is 18.1 Å². The molecular weight excluding hydrogens is 382 g/mol. The van der Waals surface area contributed by atoms with Gasteiger partial charge in [-0.25, -0.2) is 0 Å². The van der Waals surface area contributed by atoms with E-state index in [9.17, 15) is 9.59 Å². The second kappa shape index (κ2) is 6.08. The number of hydrazone groups is 1. The normalized spacial score (nSPS) is 28.4. The molecule has 7 heteroatoms. The summed E-state index contributed by atoms with van der Waals surface area (Å²) in [7, 11) is 0. The lowest BCUT2D eigenvalue weighted by molar-refractivity contribution is -0.140. The van der Waals surface area contributed by atoms with Gasteiger partial charge < -0.3 is 14.0 Å². The largest absolute Gasteiger partial charge is 0.454 e.